The van der Waals surface area contributed by atoms with Crippen molar-refractivity contribution >= 4 is 118 Å². The van der Waals surface area contributed by atoms with Gasteiger partial charge in [0.2, 0.25) is 0 Å². The van der Waals surface area contributed by atoms with Gasteiger partial charge in [-0.05, 0) is 60.7 Å². The Hall–Kier alpha value is -9.63. The number of benzene rings is 5. The molecule has 356 valence electrons. The zero-order valence-corrected chi connectivity index (χ0v) is 37.8. The van der Waals surface area contributed by atoms with Gasteiger partial charge in [-0.25, -0.2) is 76.8 Å². The summed E-state index contributed by atoms with van der Waals surface area (Å²) in [5.74, 6) is -4.38. The number of anilines is 4. The molecule has 0 aliphatic heterocycles. The predicted molar refractivity (Wildman–Crippen MR) is 258 cm³/mol. The van der Waals surface area contributed by atoms with Gasteiger partial charge in [-0.15, -0.1) is 0 Å². The van der Waals surface area contributed by atoms with Crippen LogP contribution < -0.4 is 10.6 Å². The van der Waals surface area contributed by atoms with Crippen molar-refractivity contribution in [2.24, 2.45) is 0 Å². The third-order valence-electron chi connectivity index (χ3n) is 10.7. The minimum atomic E-state index is -1.08. The van der Waals surface area contributed by atoms with Crippen LogP contribution in [0.4, 0.5) is 40.6 Å². The van der Waals surface area contributed by atoms with Crippen molar-refractivity contribution in [3.05, 3.63) is 174 Å². The zero-order valence-electron chi connectivity index (χ0n) is 37.0. The van der Waals surface area contributed by atoms with Gasteiger partial charge in [0.1, 0.15) is 58.8 Å². The summed E-state index contributed by atoms with van der Waals surface area (Å²) >= 11 is 6.08. The van der Waals surface area contributed by atoms with E-state index in [2.05, 4.69) is 60.2 Å². The van der Waals surface area contributed by atoms with Crippen LogP contribution >= 0.6 is 11.6 Å². The lowest BCUT2D eigenvalue weighted by Gasteiger charge is -2.11. The van der Waals surface area contributed by atoms with Gasteiger partial charge in [0.15, 0.2) is 16.8 Å². The fourth-order valence-electron chi connectivity index (χ4n) is 7.51. The number of carbonyl (C=O) groups excluding carboxylic acids is 2. The molecule has 11 aromatic rings. The molecule has 0 aliphatic rings. The molecule has 22 heteroatoms. The van der Waals surface area contributed by atoms with E-state index in [1.165, 1.54) is 45.3 Å². The highest BCUT2D eigenvalue weighted by Crippen LogP contribution is 2.33. The summed E-state index contributed by atoms with van der Waals surface area (Å²) < 4.78 is 63.3. The van der Waals surface area contributed by atoms with Gasteiger partial charge in [0.05, 0.1) is 47.5 Å². The van der Waals surface area contributed by atoms with E-state index in [4.69, 9.17) is 16.3 Å². The summed E-state index contributed by atoms with van der Waals surface area (Å²) in [5.41, 5.74) is 4.17. The molecule has 72 heavy (non-hydrogen) atoms. The molecule has 0 aliphatic carbocycles. The second-order valence-electron chi connectivity index (χ2n) is 15.2. The Morgan fingerprint density at radius 1 is 0.486 bits per heavy atom. The molecule has 6 aromatic heterocycles. The molecule has 0 unspecified atom stereocenters. The smallest absolute Gasteiger partial charge is 0.337 e. The van der Waals surface area contributed by atoms with E-state index in [-0.39, 0.29) is 33.7 Å². The molecule has 0 radical (unpaired) electrons. The van der Waals surface area contributed by atoms with E-state index in [1.807, 2.05) is 0 Å². The first kappa shape index (κ1) is 47.4. The number of nitrogens with zero attached hydrogens (tertiary/aromatic N) is 9. The number of aromatic nitrogens is 9. The minimum Gasteiger partial charge on any atom is -0.478 e. The first-order valence-electron chi connectivity index (χ1n) is 20.9. The second kappa shape index (κ2) is 20.1. The summed E-state index contributed by atoms with van der Waals surface area (Å²) in [4.78, 5) is 72.2. The van der Waals surface area contributed by atoms with E-state index in [9.17, 15) is 37.1 Å². The van der Waals surface area contributed by atoms with Crippen LogP contribution in [0, 0.1) is 23.3 Å². The minimum absolute atomic E-state index is 0.0731. The third-order valence-corrected chi connectivity index (χ3v) is 10.9. The summed E-state index contributed by atoms with van der Waals surface area (Å²) in [6.07, 6.45) is 8.97. The van der Waals surface area contributed by atoms with Gasteiger partial charge in [0, 0.05) is 74.4 Å². The van der Waals surface area contributed by atoms with Crippen molar-refractivity contribution in [2.45, 2.75) is 0 Å². The maximum atomic E-state index is 13.5. The molecule has 0 saturated carbocycles. The van der Waals surface area contributed by atoms with Crippen LogP contribution in [0.3, 0.4) is 0 Å². The van der Waals surface area contributed by atoms with Crippen molar-refractivity contribution < 1.29 is 46.5 Å². The molecule has 0 spiro atoms. The molecule has 11 rings (SSSR count). The van der Waals surface area contributed by atoms with Crippen molar-refractivity contribution in [3.63, 3.8) is 0 Å². The molecule has 0 saturated heterocycles. The Morgan fingerprint density at radius 3 is 1.25 bits per heavy atom. The highest BCUT2D eigenvalue weighted by atomic mass is 35.5. The average Bonchev–Trinajstić information content (AvgIpc) is 3.37. The number of carboxylic acid groups (broad SMARTS) is 1. The van der Waals surface area contributed by atoms with E-state index in [1.54, 1.807) is 61.1 Å². The molecule has 3 N–H and O–H groups in total. The maximum Gasteiger partial charge on any atom is 0.337 e. The quantitative estimate of drug-likeness (QED) is 0.0583. The Balaban J connectivity index is 0.000000135. The topological polar surface area (TPSA) is 230 Å². The standard InChI is InChI=1S/C19H12F2N4O2.C18H10F2N4O2.C13H8ClN3O2/c1-27-19(26)10-2-3-14-15-8-22-9-23-17(15)18(25-16(14)4-10)24-13-6-11(20)5-12(21)7-13;19-10-4-11(20)6-12(5-10)23-17-16-14(7-21-8-22-16)13-2-1-9(18(25)26)3-15(13)24-17;1-19-13(18)7-2-3-8-9-5-15-6-16-11(9)12(14)17-10(8)4-7/h2-9H,1H3,(H,24,25);1-8H,(H,23,24)(H,25,26);2-6H,1H3. The van der Waals surface area contributed by atoms with E-state index < -0.39 is 41.2 Å². The van der Waals surface area contributed by atoms with Crippen LogP contribution in [0.15, 0.2) is 129 Å². The predicted octanol–water partition coefficient (Wildman–Crippen LogP) is 10.5. The van der Waals surface area contributed by atoms with E-state index in [0.717, 1.165) is 52.6 Å². The van der Waals surface area contributed by atoms with Crippen LogP contribution in [0.5, 0.6) is 0 Å². The number of halogens is 5. The molecule has 6 heterocycles. The Morgan fingerprint density at radius 2 is 0.847 bits per heavy atom. The highest BCUT2D eigenvalue weighted by Gasteiger charge is 2.17. The number of carbonyl (C=O) groups is 3. The SMILES string of the molecule is COC(=O)c1ccc2c(c1)nc(Cl)c1ncncc12.COC(=O)c1ccc2c(c1)nc(Nc1cc(F)cc(F)c1)c1ncncc12.O=C(O)c1ccc2c(c1)nc(Nc1cc(F)cc(F)c1)c1ncncc12. The first-order chi connectivity index (χ1) is 34.8. The lowest BCUT2D eigenvalue weighted by atomic mass is 10.1. The largest absolute Gasteiger partial charge is 0.478 e. The van der Waals surface area contributed by atoms with Crippen LogP contribution in [0.2, 0.25) is 5.15 Å². The van der Waals surface area contributed by atoms with Gasteiger partial charge in [-0.2, -0.15) is 0 Å². The maximum absolute atomic E-state index is 13.5. The molecule has 17 nitrogen and oxygen atoms in total. The number of rotatable bonds is 7. The molecular weight excluding hydrogens is 962 g/mol. The number of aromatic carboxylic acids is 1. The van der Waals surface area contributed by atoms with Crippen molar-refractivity contribution in [1.29, 1.82) is 0 Å². The van der Waals surface area contributed by atoms with Gasteiger partial charge < -0.3 is 25.2 Å². The number of hydrogen-bond donors (Lipinski definition) is 3. The van der Waals surface area contributed by atoms with Crippen LogP contribution in [-0.4, -0.2) is 82.1 Å². The average molecular weight is 992 g/mol. The Bertz CT molecular complexity index is 3950. The first-order valence-corrected chi connectivity index (χ1v) is 21.3. The second-order valence-corrected chi connectivity index (χ2v) is 15.6. The summed E-state index contributed by atoms with van der Waals surface area (Å²) in [5, 5.41) is 19.5. The summed E-state index contributed by atoms with van der Waals surface area (Å²) in [6.45, 7) is 0. The summed E-state index contributed by atoms with van der Waals surface area (Å²) in [6, 6.07) is 20.6. The molecule has 0 fully saturated rings. The van der Waals surface area contributed by atoms with E-state index >= 15 is 0 Å². The van der Waals surface area contributed by atoms with Crippen molar-refractivity contribution in [2.75, 3.05) is 24.9 Å². The normalized spacial score (nSPS) is 10.9. The number of ether oxygens (including phenoxy) is 2. The zero-order chi connectivity index (χ0) is 50.6. The van der Waals surface area contributed by atoms with Crippen LogP contribution in [0.1, 0.15) is 31.1 Å². The highest BCUT2D eigenvalue weighted by molar-refractivity contribution is 6.35. The van der Waals surface area contributed by atoms with Gasteiger partial charge in [-0.3, -0.25) is 0 Å². The van der Waals surface area contributed by atoms with Crippen molar-refractivity contribution in [1.82, 2.24) is 44.9 Å². The number of pyridine rings is 3. The monoisotopic (exact) mass is 991 g/mol. The molecule has 0 atom stereocenters. The number of fused-ring (bicyclic) bond motifs is 9. The fourth-order valence-corrected chi connectivity index (χ4v) is 7.75. The fraction of sp³-hybridized carbons (Fsp3) is 0.0400. The lowest BCUT2D eigenvalue weighted by molar-refractivity contribution is 0.0592. The Kier molecular flexibility index (Phi) is 13.3. The molecule has 0 amide bonds. The Labute approximate surface area is 406 Å². The number of esters is 2. The number of nitrogens with one attached hydrogen (secondary N) is 2. The summed E-state index contributed by atoms with van der Waals surface area (Å²) in [7, 11) is 2.63. The molecular formula is C50H30ClF4N11O6. The van der Waals surface area contributed by atoms with Crippen molar-refractivity contribution in [3.8, 4) is 0 Å². The van der Waals surface area contributed by atoms with Crippen LogP contribution in [-0.2, 0) is 9.47 Å². The number of hydrogen-bond acceptors (Lipinski definition) is 16. The number of methoxy groups -OCH3 is 2. The van der Waals surface area contributed by atoms with Gasteiger partial charge >= 0.3 is 17.9 Å². The van der Waals surface area contributed by atoms with Gasteiger partial charge in [-0.1, -0.05) is 29.8 Å². The lowest BCUT2D eigenvalue weighted by Crippen LogP contribution is -2.02. The third kappa shape index (κ3) is 9.93. The molecule has 0 bridgehead atoms. The van der Waals surface area contributed by atoms with Gasteiger partial charge in [0.25, 0.3) is 0 Å². The molecule has 5 aromatic carbocycles. The van der Waals surface area contributed by atoms with E-state index in [0.29, 0.717) is 60.4 Å². The number of carboxylic acids is 1. The van der Waals surface area contributed by atoms with Crippen LogP contribution in [0.25, 0.3) is 65.4 Å².